The maximum atomic E-state index is 13.6. The molecule has 4 heterocycles. The van der Waals surface area contributed by atoms with Gasteiger partial charge in [0.1, 0.15) is 21.8 Å². The van der Waals surface area contributed by atoms with Crippen LogP contribution in [0.3, 0.4) is 0 Å². The Morgan fingerprint density at radius 2 is 1.80 bits per heavy atom. The van der Waals surface area contributed by atoms with Crippen LogP contribution in [-0.4, -0.2) is 51.5 Å². The van der Waals surface area contributed by atoms with Gasteiger partial charge in [-0.2, -0.15) is 0 Å². The smallest absolute Gasteiger partial charge is 0.258 e. The maximum absolute atomic E-state index is 13.6. The van der Waals surface area contributed by atoms with E-state index in [2.05, 4.69) is 10.2 Å². The summed E-state index contributed by atoms with van der Waals surface area (Å²) in [5.41, 5.74) is 2.79. The van der Waals surface area contributed by atoms with E-state index in [-0.39, 0.29) is 22.6 Å². The molecule has 176 valence electrons. The molecule has 1 saturated heterocycles. The van der Waals surface area contributed by atoms with Crippen molar-refractivity contribution in [2.75, 3.05) is 26.2 Å². The molecule has 3 aromatic heterocycles. The van der Waals surface area contributed by atoms with Crippen molar-refractivity contribution in [3.63, 3.8) is 0 Å². The molecule has 7 nitrogen and oxygen atoms in total. The summed E-state index contributed by atoms with van der Waals surface area (Å²) in [7, 11) is 0. The average molecular weight is 485 g/mol. The van der Waals surface area contributed by atoms with Crippen molar-refractivity contribution < 1.29 is 9.90 Å². The van der Waals surface area contributed by atoms with E-state index in [9.17, 15) is 14.7 Å². The van der Waals surface area contributed by atoms with Gasteiger partial charge in [0.15, 0.2) is 0 Å². The summed E-state index contributed by atoms with van der Waals surface area (Å²) >= 11 is 1.43. The molecule has 2 aromatic carbocycles. The number of nitrogens with zero attached hydrogens (tertiary/aromatic N) is 3. The van der Waals surface area contributed by atoms with Crippen LogP contribution in [0.2, 0.25) is 0 Å². The van der Waals surface area contributed by atoms with Gasteiger partial charge in [-0.05, 0) is 74.5 Å². The van der Waals surface area contributed by atoms with Crippen LogP contribution in [0.25, 0.3) is 37.3 Å². The van der Waals surface area contributed by atoms with Crippen molar-refractivity contribution in [2.45, 2.75) is 12.8 Å². The number of carbonyl (C=O) groups excluding carboxylic acids is 1. The molecule has 1 fully saturated rings. The van der Waals surface area contributed by atoms with Gasteiger partial charge in [-0.25, -0.2) is 4.98 Å². The predicted molar refractivity (Wildman–Crippen MR) is 139 cm³/mol. The van der Waals surface area contributed by atoms with Gasteiger partial charge in [-0.3, -0.25) is 14.0 Å². The number of carbonyl (C=O) groups is 1. The number of phenols is 1. The predicted octanol–water partition coefficient (Wildman–Crippen LogP) is 4.26. The van der Waals surface area contributed by atoms with Gasteiger partial charge < -0.3 is 15.3 Å². The summed E-state index contributed by atoms with van der Waals surface area (Å²) in [4.78, 5) is 34.7. The van der Waals surface area contributed by atoms with Gasteiger partial charge in [0.2, 0.25) is 5.43 Å². The first-order valence-corrected chi connectivity index (χ1v) is 12.6. The molecule has 1 aliphatic heterocycles. The number of fused-ring (bicyclic) bond motifs is 5. The van der Waals surface area contributed by atoms with Gasteiger partial charge in [0.25, 0.3) is 5.91 Å². The fourth-order valence-electron chi connectivity index (χ4n) is 4.80. The average Bonchev–Trinajstić information content (AvgIpc) is 3.52. The highest BCUT2D eigenvalue weighted by Gasteiger charge is 2.23. The van der Waals surface area contributed by atoms with E-state index in [1.807, 2.05) is 28.7 Å². The molecule has 5 aromatic rings. The maximum Gasteiger partial charge on any atom is 0.258 e. The number of aromatic nitrogens is 2. The minimum absolute atomic E-state index is 0.166. The first kappa shape index (κ1) is 21.8. The van der Waals surface area contributed by atoms with Crippen LogP contribution < -0.4 is 10.7 Å². The number of hydrogen-bond acceptors (Lipinski definition) is 6. The number of nitrogens with one attached hydrogen (secondary N) is 1. The van der Waals surface area contributed by atoms with Gasteiger partial charge in [-0.15, -0.1) is 11.3 Å². The molecule has 0 bridgehead atoms. The summed E-state index contributed by atoms with van der Waals surface area (Å²) in [6.45, 7) is 3.41. The summed E-state index contributed by atoms with van der Waals surface area (Å²) < 4.78 is 2.90. The van der Waals surface area contributed by atoms with E-state index in [4.69, 9.17) is 4.98 Å². The van der Waals surface area contributed by atoms with E-state index in [0.717, 1.165) is 35.4 Å². The lowest BCUT2D eigenvalue weighted by atomic mass is 10.1. The number of thiazole rings is 1. The molecule has 0 saturated carbocycles. The molecule has 35 heavy (non-hydrogen) atoms. The molecule has 1 aliphatic rings. The number of aromatic hydroxyl groups is 1. The zero-order valence-corrected chi connectivity index (χ0v) is 19.8. The molecule has 0 spiro atoms. The summed E-state index contributed by atoms with van der Waals surface area (Å²) in [5.74, 6) is -0.167. The van der Waals surface area contributed by atoms with Gasteiger partial charge >= 0.3 is 0 Å². The van der Waals surface area contributed by atoms with Gasteiger partial charge in [-0.1, -0.05) is 12.1 Å². The second kappa shape index (κ2) is 8.79. The van der Waals surface area contributed by atoms with Crippen molar-refractivity contribution in [1.29, 1.82) is 0 Å². The molecule has 0 aliphatic carbocycles. The lowest BCUT2D eigenvalue weighted by Crippen LogP contribution is -2.35. The first-order chi connectivity index (χ1) is 17.1. The standard InChI is InChI=1S/C27H24N4O3S/c32-18-9-7-17(8-10-18)20-12-11-19-24(33)23(26(34)28-13-16-30-14-3-4-15-30)27-31(25(19)29-20)21-5-1-2-6-22(21)35-27/h1-2,5-12,32H,3-4,13-16H2,(H,28,34). The Bertz CT molecular complexity index is 1630. The van der Waals surface area contributed by atoms with Crippen LogP contribution in [0, 0.1) is 0 Å². The zero-order chi connectivity index (χ0) is 23.9. The fraction of sp³-hybridized carbons (Fsp3) is 0.222. The Morgan fingerprint density at radius 3 is 2.60 bits per heavy atom. The first-order valence-electron chi connectivity index (χ1n) is 11.8. The quantitative estimate of drug-likeness (QED) is 0.389. The SMILES string of the molecule is O=C(NCCN1CCCC1)c1c(=O)c2ccc(-c3ccc(O)cc3)nc2n2c1sc1ccccc12. The third-order valence-corrected chi connectivity index (χ3v) is 7.74. The second-order valence-electron chi connectivity index (χ2n) is 8.83. The Balaban J connectivity index is 1.51. The topological polar surface area (TPSA) is 86.9 Å². The van der Waals surface area contributed by atoms with E-state index in [0.29, 0.717) is 28.1 Å². The highest BCUT2D eigenvalue weighted by atomic mass is 32.1. The number of amides is 1. The van der Waals surface area contributed by atoms with Crippen LogP contribution >= 0.6 is 11.3 Å². The molecule has 2 N–H and O–H groups in total. The van der Waals surface area contributed by atoms with Crippen LogP contribution in [0.1, 0.15) is 23.2 Å². The Kier molecular flexibility index (Phi) is 5.47. The van der Waals surface area contributed by atoms with Crippen LogP contribution in [-0.2, 0) is 0 Å². The second-order valence-corrected chi connectivity index (χ2v) is 9.86. The fourth-order valence-corrected chi connectivity index (χ4v) is 5.99. The number of benzene rings is 2. The third-order valence-electron chi connectivity index (χ3n) is 6.59. The summed E-state index contributed by atoms with van der Waals surface area (Å²) in [6.07, 6.45) is 2.39. The molecule has 1 amide bonds. The van der Waals surface area contributed by atoms with Crippen molar-refractivity contribution >= 4 is 43.3 Å². The highest BCUT2D eigenvalue weighted by Crippen LogP contribution is 2.31. The molecular weight excluding hydrogens is 460 g/mol. The van der Waals surface area contributed by atoms with E-state index >= 15 is 0 Å². The molecule has 0 radical (unpaired) electrons. The number of likely N-dealkylation sites (tertiary alicyclic amines) is 1. The molecule has 8 heteroatoms. The lowest BCUT2D eigenvalue weighted by Gasteiger charge is -2.15. The summed E-state index contributed by atoms with van der Waals surface area (Å²) in [5, 5.41) is 13.0. The zero-order valence-electron chi connectivity index (χ0n) is 19.0. The van der Waals surface area contributed by atoms with Crippen LogP contribution in [0.15, 0.2) is 65.5 Å². The number of phenolic OH excluding ortho intramolecular Hbond substituents is 1. The van der Waals surface area contributed by atoms with Crippen molar-refractivity contribution in [3.05, 3.63) is 76.5 Å². The van der Waals surface area contributed by atoms with Crippen molar-refractivity contribution in [1.82, 2.24) is 19.6 Å². The minimum Gasteiger partial charge on any atom is -0.508 e. The molecule has 0 unspecified atom stereocenters. The van der Waals surface area contributed by atoms with Gasteiger partial charge in [0.05, 0.1) is 21.3 Å². The van der Waals surface area contributed by atoms with E-state index in [1.54, 1.807) is 36.4 Å². The van der Waals surface area contributed by atoms with Crippen LogP contribution in [0.4, 0.5) is 0 Å². The summed E-state index contributed by atoms with van der Waals surface area (Å²) in [6, 6.07) is 18.2. The van der Waals surface area contributed by atoms with Gasteiger partial charge in [0, 0.05) is 18.7 Å². The minimum atomic E-state index is -0.345. The number of rotatable bonds is 5. The molecule has 6 rings (SSSR count). The van der Waals surface area contributed by atoms with Crippen molar-refractivity contribution in [3.8, 4) is 17.0 Å². The number of pyridine rings is 2. The Labute approximate surface area is 205 Å². The van der Waals surface area contributed by atoms with Crippen LogP contribution in [0.5, 0.6) is 5.75 Å². The van der Waals surface area contributed by atoms with Crippen molar-refractivity contribution in [2.24, 2.45) is 0 Å². The molecular formula is C27H24N4O3S. The van der Waals surface area contributed by atoms with E-state index in [1.165, 1.54) is 24.2 Å². The van der Waals surface area contributed by atoms with E-state index < -0.39 is 0 Å². The number of hydrogen-bond donors (Lipinski definition) is 2. The third kappa shape index (κ3) is 3.84. The largest absolute Gasteiger partial charge is 0.508 e. The lowest BCUT2D eigenvalue weighted by molar-refractivity contribution is 0.0950. The molecule has 0 atom stereocenters. The highest BCUT2D eigenvalue weighted by molar-refractivity contribution is 7.24. The normalized spacial score (nSPS) is 14.3. The Morgan fingerprint density at radius 1 is 1.03 bits per heavy atom. The Hall–Kier alpha value is -3.75. The number of para-hydroxylation sites is 1. The monoisotopic (exact) mass is 484 g/mol.